The molecule has 1 rings (SSSR count). The van der Waals surface area contributed by atoms with Gasteiger partial charge in [-0.05, 0) is 7.05 Å². The van der Waals surface area contributed by atoms with Crippen LogP contribution in [0.15, 0.2) is 24.3 Å². The lowest BCUT2D eigenvalue weighted by Crippen LogP contribution is -2.33. The highest BCUT2D eigenvalue weighted by Crippen LogP contribution is 2.21. The van der Waals surface area contributed by atoms with Gasteiger partial charge in [0.25, 0.3) is 5.69 Å². The molecule has 1 aromatic rings. The summed E-state index contributed by atoms with van der Waals surface area (Å²) in [7, 11) is -0.368. The van der Waals surface area contributed by atoms with Crippen LogP contribution in [-0.2, 0) is 15.8 Å². The summed E-state index contributed by atoms with van der Waals surface area (Å²) >= 11 is 0. The molecular formula is C11H17N3O4S. The molecule has 0 fully saturated rings. The van der Waals surface area contributed by atoms with E-state index in [1.807, 2.05) is 0 Å². The predicted octanol–water partition coefficient (Wildman–Crippen LogP) is 0.576. The van der Waals surface area contributed by atoms with Crippen LogP contribution in [0.5, 0.6) is 0 Å². The fraction of sp³-hybridized carbons (Fsp3) is 0.455. The van der Waals surface area contributed by atoms with E-state index in [-0.39, 0.29) is 17.0 Å². The van der Waals surface area contributed by atoms with E-state index in [2.05, 4.69) is 5.32 Å². The van der Waals surface area contributed by atoms with Crippen LogP contribution in [0.2, 0.25) is 0 Å². The maximum atomic E-state index is 12.1. The van der Waals surface area contributed by atoms with Crippen molar-refractivity contribution >= 4 is 15.7 Å². The quantitative estimate of drug-likeness (QED) is 0.585. The first-order chi connectivity index (χ1) is 8.88. The van der Waals surface area contributed by atoms with Crippen molar-refractivity contribution in [3.8, 4) is 0 Å². The molecule has 1 aromatic carbocycles. The Kier molecular flexibility index (Phi) is 5.40. The summed E-state index contributed by atoms with van der Waals surface area (Å²) in [5.41, 5.74) is 0.0249. The summed E-state index contributed by atoms with van der Waals surface area (Å²) in [6, 6.07) is 5.87. The minimum absolute atomic E-state index is 0.173. The summed E-state index contributed by atoms with van der Waals surface area (Å²) in [5.74, 6) is -0.371. The van der Waals surface area contributed by atoms with Gasteiger partial charge >= 0.3 is 0 Å². The van der Waals surface area contributed by atoms with E-state index in [1.54, 1.807) is 13.1 Å². The first-order valence-electron chi connectivity index (χ1n) is 5.69. The van der Waals surface area contributed by atoms with Crippen LogP contribution in [0.4, 0.5) is 5.69 Å². The molecule has 0 saturated carbocycles. The van der Waals surface area contributed by atoms with E-state index in [9.17, 15) is 18.5 Å². The van der Waals surface area contributed by atoms with E-state index in [4.69, 9.17) is 0 Å². The van der Waals surface area contributed by atoms with Crippen LogP contribution < -0.4 is 5.32 Å². The number of nitrogens with one attached hydrogen (secondary N) is 1. The summed E-state index contributed by atoms with van der Waals surface area (Å²) in [4.78, 5) is 10.3. The van der Waals surface area contributed by atoms with Crippen molar-refractivity contribution in [1.29, 1.82) is 0 Å². The molecule has 0 heterocycles. The average molecular weight is 287 g/mol. The van der Waals surface area contributed by atoms with E-state index in [0.29, 0.717) is 13.1 Å². The largest absolute Gasteiger partial charge is 0.318 e. The van der Waals surface area contributed by atoms with E-state index < -0.39 is 14.9 Å². The highest BCUT2D eigenvalue weighted by atomic mass is 32.2. The van der Waals surface area contributed by atoms with Gasteiger partial charge in [0.1, 0.15) is 0 Å². The molecule has 0 saturated heterocycles. The molecule has 8 heteroatoms. The van der Waals surface area contributed by atoms with Crippen molar-refractivity contribution in [3.63, 3.8) is 0 Å². The second kappa shape index (κ2) is 6.60. The van der Waals surface area contributed by atoms with Crippen molar-refractivity contribution in [2.75, 3.05) is 27.2 Å². The van der Waals surface area contributed by atoms with Crippen molar-refractivity contribution in [3.05, 3.63) is 39.9 Å². The average Bonchev–Trinajstić information content (AvgIpc) is 2.35. The minimum Gasteiger partial charge on any atom is -0.318 e. The topological polar surface area (TPSA) is 92.6 Å². The van der Waals surface area contributed by atoms with Crippen molar-refractivity contribution in [2.45, 2.75) is 5.75 Å². The second-order valence-electron chi connectivity index (χ2n) is 4.07. The number of para-hydroxylation sites is 1. The molecule has 1 N–H and O–H groups in total. The monoisotopic (exact) mass is 287 g/mol. The minimum atomic E-state index is -3.55. The first-order valence-corrected chi connectivity index (χ1v) is 7.30. The second-order valence-corrected chi connectivity index (χ2v) is 6.14. The Morgan fingerprint density at radius 2 is 2.00 bits per heavy atom. The summed E-state index contributed by atoms with van der Waals surface area (Å²) in [6.45, 7) is 0.839. The van der Waals surface area contributed by atoms with Gasteiger partial charge in [0, 0.05) is 31.8 Å². The number of likely N-dealkylation sites (N-methyl/N-ethyl adjacent to an activating group) is 2. The van der Waals surface area contributed by atoms with Crippen LogP contribution in [0.3, 0.4) is 0 Å². The number of hydrogen-bond donors (Lipinski definition) is 1. The van der Waals surface area contributed by atoms with Crippen molar-refractivity contribution < 1.29 is 13.3 Å². The fourth-order valence-corrected chi connectivity index (χ4v) is 2.75. The number of hydrogen-bond acceptors (Lipinski definition) is 5. The van der Waals surface area contributed by atoms with E-state index in [1.165, 1.54) is 29.6 Å². The number of sulfonamides is 1. The Morgan fingerprint density at radius 3 is 2.58 bits per heavy atom. The summed E-state index contributed by atoms with van der Waals surface area (Å²) < 4.78 is 25.3. The Bertz CT molecular complexity index is 545. The molecule has 106 valence electrons. The lowest BCUT2D eigenvalue weighted by molar-refractivity contribution is -0.385. The number of rotatable bonds is 7. The molecule has 0 spiro atoms. The van der Waals surface area contributed by atoms with Crippen molar-refractivity contribution in [2.24, 2.45) is 0 Å². The van der Waals surface area contributed by atoms with Crippen LogP contribution >= 0.6 is 0 Å². The number of nitro benzene ring substituents is 1. The molecule has 0 aliphatic rings. The van der Waals surface area contributed by atoms with Crippen LogP contribution in [0.1, 0.15) is 5.56 Å². The predicted molar refractivity (Wildman–Crippen MR) is 72.3 cm³/mol. The van der Waals surface area contributed by atoms with Crippen LogP contribution in [0, 0.1) is 10.1 Å². The summed E-state index contributed by atoms with van der Waals surface area (Å²) in [5, 5.41) is 13.7. The molecule has 0 bridgehead atoms. The SMILES string of the molecule is CNCCN(C)S(=O)(=O)Cc1ccccc1[N+](=O)[O-]. The van der Waals surface area contributed by atoms with Crippen LogP contribution in [-0.4, -0.2) is 44.8 Å². The molecule has 0 aromatic heterocycles. The molecule has 0 aliphatic heterocycles. The molecule has 0 amide bonds. The van der Waals surface area contributed by atoms with Gasteiger partial charge in [0.15, 0.2) is 0 Å². The van der Waals surface area contributed by atoms with Gasteiger partial charge in [-0.1, -0.05) is 18.2 Å². The van der Waals surface area contributed by atoms with Gasteiger partial charge in [-0.3, -0.25) is 10.1 Å². The lowest BCUT2D eigenvalue weighted by Gasteiger charge is -2.16. The van der Waals surface area contributed by atoms with Gasteiger partial charge in [0.05, 0.1) is 10.7 Å². The third-order valence-electron chi connectivity index (χ3n) is 2.68. The molecule has 19 heavy (non-hydrogen) atoms. The standard InChI is InChI=1S/C11H17N3O4S/c1-12-7-8-13(2)19(17,18)9-10-5-3-4-6-11(10)14(15)16/h3-6,12H,7-9H2,1-2H3. The maximum absolute atomic E-state index is 12.1. The highest BCUT2D eigenvalue weighted by Gasteiger charge is 2.23. The zero-order chi connectivity index (χ0) is 14.5. The van der Waals surface area contributed by atoms with E-state index >= 15 is 0 Å². The zero-order valence-electron chi connectivity index (χ0n) is 10.9. The van der Waals surface area contributed by atoms with Crippen molar-refractivity contribution in [1.82, 2.24) is 9.62 Å². The number of nitro groups is 1. The third kappa shape index (κ3) is 4.27. The zero-order valence-corrected chi connectivity index (χ0v) is 11.7. The molecule has 0 unspecified atom stereocenters. The Labute approximate surface area is 112 Å². The molecule has 7 nitrogen and oxygen atoms in total. The Balaban J connectivity index is 2.92. The highest BCUT2D eigenvalue weighted by molar-refractivity contribution is 7.88. The molecule has 0 radical (unpaired) electrons. The van der Waals surface area contributed by atoms with Gasteiger partial charge in [-0.25, -0.2) is 12.7 Å². The molecule has 0 aliphatic carbocycles. The fourth-order valence-electron chi connectivity index (χ4n) is 1.53. The maximum Gasteiger partial charge on any atom is 0.273 e. The van der Waals surface area contributed by atoms with Gasteiger partial charge < -0.3 is 5.32 Å². The Morgan fingerprint density at radius 1 is 1.37 bits per heavy atom. The summed E-state index contributed by atoms with van der Waals surface area (Å²) in [6.07, 6.45) is 0. The van der Waals surface area contributed by atoms with Gasteiger partial charge in [-0.2, -0.15) is 0 Å². The number of benzene rings is 1. The lowest BCUT2D eigenvalue weighted by atomic mass is 10.2. The third-order valence-corrected chi connectivity index (χ3v) is 4.49. The van der Waals surface area contributed by atoms with Gasteiger partial charge in [-0.15, -0.1) is 0 Å². The Hall–Kier alpha value is -1.51. The molecule has 0 atom stereocenters. The normalized spacial score (nSPS) is 11.7. The smallest absolute Gasteiger partial charge is 0.273 e. The van der Waals surface area contributed by atoms with E-state index in [0.717, 1.165) is 0 Å². The van der Waals surface area contributed by atoms with Crippen LogP contribution in [0.25, 0.3) is 0 Å². The van der Waals surface area contributed by atoms with Gasteiger partial charge in [0.2, 0.25) is 10.0 Å². The number of nitrogens with zero attached hydrogens (tertiary/aromatic N) is 2. The molecular weight excluding hydrogens is 270 g/mol. The first kappa shape index (κ1) is 15.5.